The van der Waals surface area contributed by atoms with E-state index in [4.69, 9.17) is 9.47 Å². The first-order valence-corrected chi connectivity index (χ1v) is 11.5. The summed E-state index contributed by atoms with van der Waals surface area (Å²) >= 11 is 1.51. The lowest BCUT2D eigenvalue weighted by Crippen LogP contribution is -2.71. The second-order valence-corrected chi connectivity index (χ2v) is 9.87. The minimum absolute atomic E-state index is 0. The van der Waals surface area contributed by atoms with E-state index >= 15 is 0 Å². The molecule has 1 aromatic rings. The lowest BCUT2D eigenvalue weighted by molar-refractivity contribution is -0.164. The number of carbonyl (C=O) groups is 3. The molecule has 0 saturated carbocycles. The minimum atomic E-state index is -0.666. The lowest BCUT2D eigenvalue weighted by Gasteiger charge is -2.43. The Hall–Kier alpha value is -1.97. The fourth-order valence-corrected chi connectivity index (χ4v) is 5.52. The highest BCUT2D eigenvalue weighted by Gasteiger charge is 2.64. The zero-order valence-electron chi connectivity index (χ0n) is 18.9. The summed E-state index contributed by atoms with van der Waals surface area (Å²) in [6.45, 7) is 10.5. The van der Waals surface area contributed by atoms with Gasteiger partial charge in [0.1, 0.15) is 29.8 Å². The number of β-lactam (4-membered cyclic amide) rings is 1. The number of rotatable bonds is 10. The summed E-state index contributed by atoms with van der Waals surface area (Å²) in [6.07, 6.45) is 0. The zero-order valence-corrected chi connectivity index (χ0v) is 20.5. The molecule has 1 N–H and O–H groups in total. The number of benzene rings is 1. The Morgan fingerprint density at radius 1 is 1.19 bits per heavy atom. The molecule has 2 saturated heterocycles. The van der Waals surface area contributed by atoms with Crippen molar-refractivity contribution in [2.75, 3.05) is 32.8 Å². The van der Waals surface area contributed by atoms with Crippen molar-refractivity contribution in [1.29, 1.82) is 0 Å². The maximum Gasteiger partial charge on any atom is 0.330 e. The van der Waals surface area contributed by atoms with Crippen LogP contribution in [0.5, 0.6) is 5.75 Å². The number of hydrogen-bond acceptors (Lipinski definition) is 7. The van der Waals surface area contributed by atoms with Gasteiger partial charge in [-0.3, -0.25) is 9.59 Å². The van der Waals surface area contributed by atoms with Crippen molar-refractivity contribution < 1.29 is 23.9 Å². The molecule has 2 aliphatic rings. The topological polar surface area (TPSA) is 88.2 Å². The van der Waals surface area contributed by atoms with Gasteiger partial charge in [0.15, 0.2) is 6.61 Å². The molecule has 32 heavy (non-hydrogen) atoms. The average Bonchev–Trinajstić information content (AvgIpc) is 3.02. The summed E-state index contributed by atoms with van der Waals surface area (Å²) in [6, 6.07) is 7.69. The maximum atomic E-state index is 12.8. The molecule has 2 fully saturated rings. The highest BCUT2D eigenvalue weighted by atomic mass is 35.5. The number of likely N-dealkylation sites (N-methyl/N-ethyl adjacent to an activating group) is 1. The fraction of sp³-hybridized carbons (Fsp3) is 0.591. The molecule has 0 spiro atoms. The van der Waals surface area contributed by atoms with Gasteiger partial charge in [0.05, 0.1) is 0 Å². The number of halogens is 1. The van der Waals surface area contributed by atoms with Crippen molar-refractivity contribution in [3.05, 3.63) is 30.3 Å². The first-order valence-electron chi connectivity index (χ1n) is 10.6. The van der Waals surface area contributed by atoms with Crippen LogP contribution in [-0.2, 0) is 19.1 Å². The highest BCUT2D eigenvalue weighted by molar-refractivity contribution is 8.01. The van der Waals surface area contributed by atoms with Gasteiger partial charge in [0.2, 0.25) is 5.91 Å². The van der Waals surface area contributed by atoms with E-state index in [1.807, 2.05) is 32.0 Å². The standard InChI is InChI=1S/C22H31N3O5S.ClH/c1-5-24(6-2)12-13-29-21(28)18-22(3,4)31-20-17(19(27)25(18)20)23-16(26)14-30-15-10-8-7-9-11-15;/h7-11,17-18,20H,5-6,12-14H2,1-4H3,(H,23,26);1H/t17?,18-,20+;/m0./s1. The Bertz CT molecular complexity index is 806. The van der Waals surface area contributed by atoms with Gasteiger partial charge in [-0.15, -0.1) is 24.2 Å². The molecule has 3 rings (SSSR count). The van der Waals surface area contributed by atoms with Crippen LogP contribution in [0.3, 0.4) is 0 Å². The molecular weight excluding hydrogens is 454 g/mol. The molecule has 0 aromatic heterocycles. The van der Waals surface area contributed by atoms with Crippen LogP contribution in [0, 0.1) is 0 Å². The van der Waals surface area contributed by atoms with Crippen molar-refractivity contribution in [2.24, 2.45) is 0 Å². The second kappa shape index (κ2) is 11.2. The summed E-state index contributed by atoms with van der Waals surface area (Å²) in [5.74, 6) is -0.437. The molecular formula is C22H32ClN3O5S. The first kappa shape index (κ1) is 26.3. The van der Waals surface area contributed by atoms with Gasteiger partial charge >= 0.3 is 5.97 Å². The number of fused-ring (bicyclic) bond motifs is 1. The summed E-state index contributed by atoms with van der Waals surface area (Å²) < 4.78 is 10.4. The van der Waals surface area contributed by atoms with Gasteiger partial charge in [0.25, 0.3) is 5.91 Å². The predicted molar refractivity (Wildman–Crippen MR) is 126 cm³/mol. The van der Waals surface area contributed by atoms with Crippen molar-refractivity contribution >= 4 is 42.0 Å². The number of hydrogen-bond donors (Lipinski definition) is 1. The third-order valence-corrected chi connectivity index (χ3v) is 7.21. The Morgan fingerprint density at radius 2 is 1.84 bits per heavy atom. The number of amides is 2. The number of nitrogens with zero attached hydrogens (tertiary/aromatic N) is 2. The zero-order chi connectivity index (χ0) is 22.6. The summed E-state index contributed by atoms with van der Waals surface area (Å²) in [5.41, 5.74) is 0. The Labute approximate surface area is 199 Å². The summed E-state index contributed by atoms with van der Waals surface area (Å²) in [5, 5.41) is 2.46. The molecule has 2 heterocycles. The number of ether oxygens (including phenoxy) is 2. The molecule has 8 nitrogen and oxygen atoms in total. The first-order chi connectivity index (χ1) is 14.8. The molecule has 0 radical (unpaired) electrons. The molecule has 1 aromatic carbocycles. The number of carbonyl (C=O) groups excluding carboxylic acids is 3. The van der Waals surface area contributed by atoms with Crippen LogP contribution < -0.4 is 10.1 Å². The molecule has 0 aliphatic carbocycles. The molecule has 1 unspecified atom stereocenters. The van der Waals surface area contributed by atoms with Crippen LogP contribution in [0.15, 0.2) is 30.3 Å². The molecule has 2 amide bonds. The van der Waals surface area contributed by atoms with E-state index in [0.29, 0.717) is 18.9 Å². The lowest BCUT2D eigenvalue weighted by atomic mass is 9.96. The van der Waals surface area contributed by atoms with Crippen LogP contribution in [0.2, 0.25) is 0 Å². The molecule has 2 aliphatic heterocycles. The molecule has 178 valence electrons. The van der Waals surface area contributed by atoms with Crippen molar-refractivity contribution in [3.8, 4) is 5.75 Å². The molecule has 10 heteroatoms. The molecule has 3 atom stereocenters. The van der Waals surface area contributed by atoms with Crippen LogP contribution in [0.1, 0.15) is 27.7 Å². The normalized spacial score (nSPS) is 23.1. The van der Waals surface area contributed by atoms with E-state index in [9.17, 15) is 14.4 Å². The number of para-hydroxylation sites is 1. The van der Waals surface area contributed by atoms with Gasteiger partial charge in [-0.1, -0.05) is 32.0 Å². The summed E-state index contributed by atoms with van der Waals surface area (Å²) in [4.78, 5) is 41.6. The average molecular weight is 486 g/mol. The van der Waals surface area contributed by atoms with Gasteiger partial charge in [0, 0.05) is 11.3 Å². The smallest absolute Gasteiger partial charge is 0.330 e. The largest absolute Gasteiger partial charge is 0.484 e. The predicted octanol–water partition coefficient (Wildman–Crippen LogP) is 1.92. The minimum Gasteiger partial charge on any atom is -0.484 e. The number of thioether (sulfide) groups is 1. The van der Waals surface area contributed by atoms with Crippen LogP contribution in [-0.4, -0.2) is 82.6 Å². The van der Waals surface area contributed by atoms with Crippen molar-refractivity contribution in [2.45, 2.75) is 49.9 Å². The van der Waals surface area contributed by atoms with E-state index in [1.54, 1.807) is 17.0 Å². The quantitative estimate of drug-likeness (QED) is 0.400. The van der Waals surface area contributed by atoms with Crippen molar-refractivity contribution in [1.82, 2.24) is 15.1 Å². The SMILES string of the molecule is CCN(CC)CCOC(=O)[C@@H]1N2C(=O)C(NC(=O)COc3ccccc3)[C@H]2SC1(C)C.Cl. The Kier molecular flexibility index (Phi) is 9.24. The van der Waals surface area contributed by atoms with Crippen LogP contribution in [0.4, 0.5) is 0 Å². The summed E-state index contributed by atoms with van der Waals surface area (Å²) in [7, 11) is 0. The monoisotopic (exact) mass is 485 g/mol. The Balaban J connectivity index is 0.00000363. The highest BCUT2D eigenvalue weighted by Crippen LogP contribution is 2.51. The second-order valence-electron chi connectivity index (χ2n) is 8.10. The van der Waals surface area contributed by atoms with E-state index in [0.717, 1.165) is 13.1 Å². The fourth-order valence-electron chi connectivity index (χ4n) is 3.90. The third-order valence-electron chi connectivity index (χ3n) is 5.64. The van der Waals surface area contributed by atoms with Crippen LogP contribution >= 0.6 is 24.2 Å². The number of nitrogens with one attached hydrogen (secondary N) is 1. The van der Waals surface area contributed by atoms with E-state index in [1.165, 1.54) is 11.8 Å². The van der Waals surface area contributed by atoms with Crippen LogP contribution in [0.25, 0.3) is 0 Å². The van der Waals surface area contributed by atoms with Gasteiger partial charge in [-0.05, 0) is 39.1 Å². The maximum absolute atomic E-state index is 12.8. The third kappa shape index (κ3) is 5.68. The van der Waals surface area contributed by atoms with Gasteiger partial charge in [-0.2, -0.15) is 0 Å². The Morgan fingerprint density at radius 3 is 2.47 bits per heavy atom. The van der Waals surface area contributed by atoms with E-state index in [-0.39, 0.29) is 36.2 Å². The molecule has 0 bridgehead atoms. The van der Waals surface area contributed by atoms with Gasteiger partial charge < -0.3 is 24.6 Å². The van der Waals surface area contributed by atoms with E-state index in [2.05, 4.69) is 24.1 Å². The van der Waals surface area contributed by atoms with Crippen molar-refractivity contribution in [3.63, 3.8) is 0 Å². The van der Waals surface area contributed by atoms with Gasteiger partial charge in [-0.25, -0.2) is 4.79 Å². The number of esters is 1. The van der Waals surface area contributed by atoms with E-state index < -0.39 is 22.8 Å².